The lowest BCUT2D eigenvalue weighted by Crippen LogP contribution is -2.39. The monoisotopic (exact) mass is 297 g/mol. The minimum Gasteiger partial charge on any atom is -0.357 e. The van der Waals surface area contributed by atoms with E-state index in [1.54, 1.807) is 25.4 Å². The average Bonchev–Trinajstić information content (AvgIpc) is 2.81. The van der Waals surface area contributed by atoms with Crippen LogP contribution in [0.4, 0.5) is 0 Å². The molecule has 0 atom stereocenters. The molecular formula is C13H23N5OS. The molecule has 1 amide bonds. The first-order chi connectivity index (χ1) is 9.52. The van der Waals surface area contributed by atoms with E-state index in [-0.39, 0.29) is 12.5 Å². The number of carbonyl (C=O) groups is 1. The topological polar surface area (TPSA) is 69.6 Å². The van der Waals surface area contributed by atoms with Crippen molar-refractivity contribution in [3.63, 3.8) is 0 Å². The first kappa shape index (κ1) is 16.4. The van der Waals surface area contributed by atoms with E-state index in [0.717, 1.165) is 30.2 Å². The molecule has 0 fully saturated rings. The number of aliphatic imine (C=N–C) groups is 1. The van der Waals surface area contributed by atoms with Gasteiger partial charge in [0.1, 0.15) is 6.54 Å². The standard InChI is InChI=1S/C13H23N5OS/c1-5-14-13(16-8-12(19)18(3)4)15-7-6-11-9-20-10(2)17-11/h9H,5-8H2,1-4H3,(H2,14,15,16). The molecule has 0 bridgehead atoms. The van der Waals surface area contributed by atoms with Crippen LogP contribution in [0.15, 0.2) is 10.4 Å². The Morgan fingerprint density at radius 3 is 2.75 bits per heavy atom. The van der Waals surface area contributed by atoms with E-state index in [1.165, 1.54) is 4.90 Å². The van der Waals surface area contributed by atoms with Gasteiger partial charge in [-0.3, -0.25) is 4.79 Å². The SMILES string of the molecule is CCNC(=NCC(=O)N(C)C)NCCc1csc(C)n1. The maximum atomic E-state index is 11.5. The Balaban J connectivity index is 2.42. The van der Waals surface area contributed by atoms with Crippen molar-refractivity contribution < 1.29 is 4.79 Å². The number of nitrogens with zero attached hydrogens (tertiary/aromatic N) is 3. The van der Waals surface area contributed by atoms with Gasteiger partial charge in [0.25, 0.3) is 0 Å². The minimum atomic E-state index is -0.0164. The van der Waals surface area contributed by atoms with Gasteiger partial charge in [-0.2, -0.15) is 0 Å². The van der Waals surface area contributed by atoms with E-state index >= 15 is 0 Å². The average molecular weight is 297 g/mol. The number of nitrogens with one attached hydrogen (secondary N) is 2. The van der Waals surface area contributed by atoms with Crippen molar-refractivity contribution >= 4 is 23.2 Å². The Morgan fingerprint density at radius 1 is 1.45 bits per heavy atom. The van der Waals surface area contributed by atoms with Crippen LogP contribution < -0.4 is 10.6 Å². The Hall–Kier alpha value is -1.63. The Labute approximate surface area is 124 Å². The van der Waals surface area contributed by atoms with Gasteiger partial charge < -0.3 is 15.5 Å². The van der Waals surface area contributed by atoms with Gasteiger partial charge in [-0.15, -0.1) is 11.3 Å². The van der Waals surface area contributed by atoms with Crippen molar-refractivity contribution in [1.82, 2.24) is 20.5 Å². The quantitative estimate of drug-likeness (QED) is 0.597. The molecule has 7 heteroatoms. The Kier molecular flexibility index (Phi) is 7.00. The van der Waals surface area contributed by atoms with Crippen LogP contribution in [0.3, 0.4) is 0 Å². The summed E-state index contributed by atoms with van der Waals surface area (Å²) in [5.41, 5.74) is 1.08. The molecule has 1 heterocycles. The zero-order valence-corrected chi connectivity index (χ0v) is 13.4. The van der Waals surface area contributed by atoms with E-state index in [9.17, 15) is 4.79 Å². The molecule has 0 aliphatic rings. The highest BCUT2D eigenvalue weighted by Gasteiger charge is 2.04. The van der Waals surface area contributed by atoms with Gasteiger partial charge in [-0.05, 0) is 13.8 Å². The zero-order valence-electron chi connectivity index (χ0n) is 12.6. The molecule has 0 aliphatic carbocycles. The van der Waals surface area contributed by atoms with Crippen LogP contribution in [0.1, 0.15) is 17.6 Å². The molecule has 1 aromatic rings. The number of hydrogen-bond acceptors (Lipinski definition) is 4. The fourth-order valence-corrected chi connectivity index (χ4v) is 2.11. The number of hydrogen-bond donors (Lipinski definition) is 2. The van der Waals surface area contributed by atoms with Gasteiger partial charge >= 0.3 is 0 Å². The summed E-state index contributed by atoms with van der Waals surface area (Å²) < 4.78 is 0. The largest absolute Gasteiger partial charge is 0.357 e. The molecule has 112 valence electrons. The molecule has 20 heavy (non-hydrogen) atoms. The molecule has 1 aromatic heterocycles. The van der Waals surface area contributed by atoms with Crippen LogP contribution in [0.25, 0.3) is 0 Å². The van der Waals surface area contributed by atoms with Gasteiger partial charge in [-0.1, -0.05) is 0 Å². The Morgan fingerprint density at radius 2 is 2.20 bits per heavy atom. The zero-order chi connectivity index (χ0) is 15.0. The number of amides is 1. The third-order valence-corrected chi connectivity index (χ3v) is 3.38. The molecule has 0 spiro atoms. The second kappa shape index (κ2) is 8.52. The summed E-state index contributed by atoms with van der Waals surface area (Å²) in [5.74, 6) is 0.645. The van der Waals surface area contributed by atoms with Crippen LogP contribution in [-0.4, -0.2) is 55.5 Å². The molecule has 0 unspecified atom stereocenters. The van der Waals surface area contributed by atoms with Crippen LogP contribution in [0.5, 0.6) is 0 Å². The summed E-state index contributed by atoms with van der Waals surface area (Å²) in [6, 6.07) is 0. The van der Waals surface area contributed by atoms with Crippen LogP contribution in [0, 0.1) is 6.92 Å². The lowest BCUT2D eigenvalue weighted by molar-refractivity contribution is -0.127. The van der Waals surface area contributed by atoms with Gasteiger partial charge in [0.05, 0.1) is 10.7 Å². The van der Waals surface area contributed by atoms with E-state index in [0.29, 0.717) is 5.96 Å². The second-order valence-corrected chi connectivity index (χ2v) is 5.58. The third-order valence-electron chi connectivity index (χ3n) is 2.56. The van der Waals surface area contributed by atoms with Gasteiger partial charge in [0.15, 0.2) is 5.96 Å². The number of rotatable bonds is 6. The first-order valence-electron chi connectivity index (χ1n) is 6.66. The van der Waals surface area contributed by atoms with Gasteiger partial charge in [0, 0.05) is 39.0 Å². The van der Waals surface area contributed by atoms with Gasteiger partial charge in [0.2, 0.25) is 5.91 Å². The van der Waals surface area contributed by atoms with E-state index in [2.05, 4.69) is 26.0 Å². The summed E-state index contributed by atoms with van der Waals surface area (Å²) in [6.45, 7) is 5.65. The lowest BCUT2D eigenvalue weighted by atomic mass is 10.3. The van der Waals surface area contributed by atoms with Crippen molar-refractivity contribution in [2.24, 2.45) is 4.99 Å². The molecule has 0 aliphatic heterocycles. The van der Waals surface area contributed by atoms with Crippen LogP contribution >= 0.6 is 11.3 Å². The smallest absolute Gasteiger partial charge is 0.243 e. The number of guanidine groups is 1. The molecule has 0 radical (unpaired) electrons. The molecule has 6 nitrogen and oxygen atoms in total. The molecular weight excluding hydrogens is 274 g/mol. The number of aryl methyl sites for hydroxylation is 1. The third kappa shape index (κ3) is 6.01. The highest BCUT2D eigenvalue weighted by atomic mass is 32.1. The highest BCUT2D eigenvalue weighted by molar-refractivity contribution is 7.09. The van der Waals surface area contributed by atoms with E-state index in [1.807, 2.05) is 13.8 Å². The Bertz CT molecular complexity index is 455. The van der Waals surface area contributed by atoms with Crippen LogP contribution in [-0.2, 0) is 11.2 Å². The van der Waals surface area contributed by atoms with Crippen molar-refractivity contribution in [3.8, 4) is 0 Å². The van der Waals surface area contributed by atoms with Crippen molar-refractivity contribution in [2.45, 2.75) is 20.3 Å². The molecule has 0 saturated carbocycles. The minimum absolute atomic E-state index is 0.0164. The molecule has 2 N–H and O–H groups in total. The molecule has 0 aromatic carbocycles. The number of carbonyl (C=O) groups excluding carboxylic acids is 1. The van der Waals surface area contributed by atoms with Crippen molar-refractivity contribution in [3.05, 3.63) is 16.1 Å². The molecule has 1 rings (SSSR count). The van der Waals surface area contributed by atoms with Gasteiger partial charge in [-0.25, -0.2) is 9.98 Å². The predicted molar refractivity (Wildman–Crippen MR) is 83.2 cm³/mol. The maximum absolute atomic E-state index is 11.5. The first-order valence-corrected chi connectivity index (χ1v) is 7.54. The summed E-state index contributed by atoms with van der Waals surface area (Å²) in [7, 11) is 3.45. The maximum Gasteiger partial charge on any atom is 0.243 e. The predicted octanol–water partition coefficient (Wildman–Crippen LogP) is 0.637. The fraction of sp³-hybridized carbons (Fsp3) is 0.615. The normalized spacial score (nSPS) is 11.3. The highest BCUT2D eigenvalue weighted by Crippen LogP contribution is 2.07. The van der Waals surface area contributed by atoms with Crippen molar-refractivity contribution in [1.29, 1.82) is 0 Å². The number of aromatic nitrogens is 1. The summed E-state index contributed by atoms with van der Waals surface area (Å²) in [4.78, 5) is 21.7. The summed E-state index contributed by atoms with van der Waals surface area (Å²) >= 11 is 1.66. The van der Waals surface area contributed by atoms with E-state index in [4.69, 9.17) is 0 Å². The van der Waals surface area contributed by atoms with Crippen molar-refractivity contribution in [2.75, 3.05) is 33.7 Å². The summed E-state index contributed by atoms with van der Waals surface area (Å²) in [6.07, 6.45) is 0.844. The number of likely N-dealkylation sites (N-methyl/N-ethyl adjacent to an activating group) is 1. The van der Waals surface area contributed by atoms with Crippen LogP contribution in [0.2, 0.25) is 0 Å². The second-order valence-electron chi connectivity index (χ2n) is 4.52. The fourth-order valence-electron chi connectivity index (χ4n) is 1.46. The number of thiazole rings is 1. The molecule has 0 saturated heterocycles. The lowest BCUT2D eigenvalue weighted by Gasteiger charge is -2.12. The summed E-state index contributed by atoms with van der Waals surface area (Å²) in [5, 5.41) is 9.47. The van der Waals surface area contributed by atoms with E-state index < -0.39 is 0 Å².